The van der Waals surface area contributed by atoms with Crippen molar-refractivity contribution < 1.29 is 9.53 Å². The van der Waals surface area contributed by atoms with E-state index >= 15 is 0 Å². The van der Waals surface area contributed by atoms with E-state index in [0.717, 1.165) is 17.1 Å². The van der Waals surface area contributed by atoms with E-state index in [4.69, 9.17) is 4.74 Å². The number of carbonyl (C=O) groups is 1. The van der Waals surface area contributed by atoms with Crippen LogP contribution in [0.4, 0.5) is 11.4 Å². The lowest BCUT2D eigenvalue weighted by Gasteiger charge is -2.25. The summed E-state index contributed by atoms with van der Waals surface area (Å²) in [5, 5.41) is 6.34. The van der Waals surface area contributed by atoms with Gasteiger partial charge in [0.25, 0.3) is 5.91 Å². The third-order valence-corrected chi connectivity index (χ3v) is 4.15. The van der Waals surface area contributed by atoms with Crippen molar-refractivity contribution >= 4 is 17.3 Å². The molecule has 0 radical (unpaired) electrons. The maximum Gasteiger partial charge on any atom is 0.265 e. The molecule has 1 aliphatic heterocycles. The average molecular weight is 334 g/mol. The summed E-state index contributed by atoms with van der Waals surface area (Å²) in [6.07, 6.45) is 3.05. The van der Waals surface area contributed by atoms with E-state index < -0.39 is 6.10 Å². The van der Waals surface area contributed by atoms with E-state index in [1.54, 1.807) is 19.3 Å². The van der Waals surface area contributed by atoms with Crippen LogP contribution in [0.25, 0.3) is 0 Å². The van der Waals surface area contributed by atoms with Crippen LogP contribution in [0.15, 0.2) is 60.9 Å². The number of ether oxygens (including phenoxy) is 1. The van der Waals surface area contributed by atoms with Gasteiger partial charge in [-0.3, -0.25) is 4.79 Å². The van der Waals surface area contributed by atoms with E-state index in [1.807, 2.05) is 48.5 Å². The van der Waals surface area contributed by atoms with Crippen LogP contribution in [0.2, 0.25) is 0 Å². The summed E-state index contributed by atoms with van der Waals surface area (Å²) < 4.78 is 5.60. The van der Waals surface area contributed by atoms with E-state index in [0.29, 0.717) is 11.4 Å². The Kier molecular flexibility index (Phi) is 3.85. The van der Waals surface area contributed by atoms with Crippen LogP contribution < -0.4 is 15.4 Å². The second-order valence-corrected chi connectivity index (χ2v) is 5.92. The second-order valence-electron chi connectivity index (χ2n) is 5.92. The third kappa shape index (κ3) is 3.06. The standard InChI is InChI=1S/C19H18N4O2/c1-12-19(24)23-15-11-14(7-8-16(15)25-12)22-17(18-20-9-10-21-18)13-5-3-2-4-6-13/h2-12,17,22H,1H3,(H,20,21)(H,23,24)/t12-,17-/m0/s1. The fraction of sp³-hybridized carbons (Fsp3) is 0.158. The SMILES string of the molecule is C[C@@H]1Oc2ccc(N[C@@H](c3ccccc3)c3ncc[nH]3)cc2NC1=O. The van der Waals surface area contributed by atoms with Crippen LogP contribution in [0, 0.1) is 0 Å². The van der Waals surface area contributed by atoms with Gasteiger partial charge in [0.1, 0.15) is 17.6 Å². The Morgan fingerprint density at radius 1 is 1.20 bits per heavy atom. The Morgan fingerprint density at radius 2 is 2.04 bits per heavy atom. The molecule has 0 aliphatic carbocycles. The Morgan fingerprint density at radius 3 is 2.80 bits per heavy atom. The van der Waals surface area contributed by atoms with E-state index in [1.165, 1.54) is 0 Å². The summed E-state index contributed by atoms with van der Waals surface area (Å²) in [4.78, 5) is 19.4. The zero-order valence-corrected chi connectivity index (χ0v) is 13.7. The Balaban J connectivity index is 1.65. The summed E-state index contributed by atoms with van der Waals surface area (Å²) in [5.74, 6) is 1.35. The van der Waals surface area contributed by atoms with Crippen LogP contribution in [-0.4, -0.2) is 22.0 Å². The van der Waals surface area contributed by atoms with Gasteiger partial charge in [-0.1, -0.05) is 30.3 Å². The number of aromatic amines is 1. The monoisotopic (exact) mass is 334 g/mol. The molecule has 3 aromatic rings. The van der Waals surface area contributed by atoms with Gasteiger partial charge in [-0.25, -0.2) is 4.98 Å². The molecule has 2 atom stereocenters. The molecule has 6 nitrogen and oxygen atoms in total. The number of aromatic nitrogens is 2. The van der Waals surface area contributed by atoms with Crippen LogP contribution in [-0.2, 0) is 4.79 Å². The van der Waals surface area contributed by atoms with Crippen molar-refractivity contribution in [3.05, 3.63) is 72.3 Å². The highest BCUT2D eigenvalue weighted by Crippen LogP contribution is 2.34. The number of nitrogens with one attached hydrogen (secondary N) is 3. The summed E-state index contributed by atoms with van der Waals surface area (Å²) in [7, 11) is 0. The van der Waals surface area contributed by atoms with Crippen molar-refractivity contribution in [3.8, 4) is 5.75 Å². The highest BCUT2D eigenvalue weighted by molar-refractivity contribution is 5.98. The molecular formula is C19H18N4O2. The summed E-state index contributed by atoms with van der Waals surface area (Å²) in [6.45, 7) is 1.73. The predicted octanol–water partition coefficient (Wildman–Crippen LogP) is 3.33. The highest BCUT2D eigenvalue weighted by atomic mass is 16.5. The van der Waals surface area contributed by atoms with Gasteiger partial charge < -0.3 is 20.4 Å². The number of benzene rings is 2. The fourth-order valence-electron chi connectivity index (χ4n) is 2.86. The van der Waals surface area contributed by atoms with Crippen molar-refractivity contribution in [2.75, 3.05) is 10.6 Å². The molecule has 0 bridgehead atoms. The van der Waals surface area contributed by atoms with Crippen molar-refractivity contribution in [1.29, 1.82) is 0 Å². The summed E-state index contributed by atoms with van der Waals surface area (Å²) in [5.41, 5.74) is 2.62. The largest absolute Gasteiger partial charge is 0.479 e. The van der Waals surface area contributed by atoms with Gasteiger partial charge in [0.15, 0.2) is 6.10 Å². The Labute approximate surface area is 145 Å². The van der Waals surface area contributed by atoms with Gasteiger partial charge in [0, 0.05) is 18.1 Å². The van der Waals surface area contributed by atoms with E-state index in [9.17, 15) is 4.79 Å². The van der Waals surface area contributed by atoms with Gasteiger partial charge >= 0.3 is 0 Å². The second kappa shape index (κ2) is 6.32. The molecule has 1 amide bonds. The molecule has 3 N–H and O–H groups in total. The number of hydrogen-bond donors (Lipinski definition) is 3. The van der Waals surface area contributed by atoms with Crippen molar-refractivity contribution in [1.82, 2.24) is 9.97 Å². The molecular weight excluding hydrogens is 316 g/mol. The molecule has 25 heavy (non-hydrogen) atoms. The summed E-state index contributed by atoms with van der Waals surface area (Å²) in [6, 6.07) is 15.6. The van der Waals surface area contributed by atoms with Crippen LogP contribution in [0.5, 0.6) is 5.75 Å². The first kappa shape index (κ1) is 15.3. The topological polar surface area (TPSA) is 79.0 Å². The average Bonchev–Trinajstić information content (AvgIpc) is 3.16. The quantitative estimate of drug-likeness (QED) is 0.684. The lowest BCUT2D eigenvalue weighted by molar-refractivity contribution is -0.122. The molecule has 0 saturated heterocycles. The minimum absolute atomic E-state index is 0.131. The normalized spacial score (nSPS) is 17.2. The Hall–Kier alpha value is -3.28. The number of imidazole rings is 1. The minimum atomic E-state index is -0.480. The van der Waals surface area contributed by atoms with Gasteiger partial charge in [0.05, 0.1) is 5.69 Å². The molecule has 1 aliphatic rings. The number of H-pyrrole nitrogens is 1. The molecule has 0 unspecified atom stereocenters. The lowest BCUT2D eigenvalue weighted by atomic mass is 10.1. The first-order chi connectivity index (χ1) is 12.2. The minimum Gasteiger partial charge on any atom is -0.479 e. The number of rotatable bonds is 4. The van der Waals surface area contributed by atoms with E-state index in [2.05, 4.69) is 20.6 Å². The summed E-state index contributed by atoms with van der Waals surface area (Å²) >= 11 is 0. The number of amides is 1. The molecule has 0 fully saturated rings. The number of nitrogens with zero attached hydrogens (tertiary/aromatic N) is 1. The number of carbonyl (C=O) groups excluding carboxylic acids is 1. The molecule has 0 spiro atoms. The lowest BCUT2D eigenvalue weighted by Crippen LogP contribution is -2.34. The van der Waals surface area contributed by atoms with Gasteiger partial charge in [-0.2, -0.15) is 0 Å². The van der Waals surface area contributed by atoms with Crippen molar-refractivity contribution in [2.24, 2.45) is 0 Å². The molecule has 4 rings (SSSR count). The van der Waals surface area contributed by atoms with Crippen molar-refractivity contribution in [2.45, 2.75) is 19.1 Å². The van der Waals surface area contributed by atoms with Crippen molar-refractivity contribution in [3.63, 3.8) is 0 Å². The smallest absolute Gasteiger partial charge is 0.265 e. The zero-order chi connectivity index (χ0) is 17.2. The zero-order valence-electron chi connectivity index (χ0n) is 13.7. The molecule has 0 saturated carbocycles. The maximum absolute atomic E-state index is 11.8. The molecule has 1 aromatic heterocycles. The predicted molar refractivity (Wildman–Crippen MR) is 95.7 cm³/mol. The molecule has 6 heteroatoms. The van der Waals surface area contributed by atoms with Crippen LogP contribution in [0.3, 0.4) is 0 Å². The Bertz CT molecular complexity index is 878. The molecule has 126 valence electrons. The molecule has 2 aromatic carbocycles. The van der Waals surface area contributed by atoms with Gasteiger partial charge in [-0.05, 0) is 30.7 Å². The van der Waals surface area contributed by atoms with Gasteiger partial charge in [-0.15, -0.1) is 0 Å². The number of anilines is 2. The highest BCUT2D eigenvalue weighted by Gasteiger charge is 2.24. The first-order valence-corrected chi connectivity index (χ1v) is 8.13. The van der Waals surface area contributed by atoms with E-state index in [-0.39, 0.29) is 11.9 Å². The maximum atomic E-state index is 11.8. The molecule has 2 heterocycles. The number of hydrogen-bond acceptors (Lipinski definition) is 4. The third-order valence-electron chi connectivity index (χ3n) is 4.15. The fourth-order valence-corrected chi connectivity index (χ4v) is 2.86. The first-order valence-electron chi connectivity index (χ1n) is 8.13. The van der Waals surface area contributed by atoms with Crippen LogP contribution >= 0.6 is 0 Å². The van der Waals surface area contributed by atoms with Gasteiger partial charge in [0.2, 0.25) is 0 Å². The number of fused-ring (bicyclic) bond motifs is 1. The van der Waals surface area contributed by atoms with Crippen LogP contribution in [0.1, 0.15) is 24.4 Å².